The molecule has 120 valence electrons. The lowest BCUT2D eigenvalue weighted by Gasteiger charge is -2.23. The van der Waals surface area contributed by atoms with Gasteiger partial charge in [0.15, 0.2) is 5.82 Å². The molecule has 0 N–H and O–H groups in total. The Bertz CT molecular complexity index is 693. The summed E-state index contributed by atoms with van der Waals surface area (Å²) in [5.74, 6) is 0.750. The molecule has 7 heteroatoms. The number of nitrogens with zero attached hydrogens (tertiary/aromatic N) is 4. The molecule has 0 aliphatic carbocycles. The van der Waals surface area contributed by atoms with Gasteiger partial charge in [0.1, 0.15) is 11.3 Å². The third-order valence-electron chi connectivity index (χ3n) is 3.82. The van der Waals surface area contributed by atoms with Crippen molar-refractivity contribution in [2.45, 2.75) is 6.42 Å². The van der Waals surface area contributed by atoms with Gasteiger partial charge in [0.25, 0.3) is 5.91 Å². The average molecular weight is 351 g/mol. The Kier molecular flexibility index (Phi) is 4.98. The summed E-state index contributed by atoms with van der Waals surface area (Å²) in [6.07, 6.45) is 3.94. The summed E-state index contributed by atoms with van der Waals surface area (Å²) in [4.78, 5) is 24.7. The maximum atomic E-state index is 12.6. The average Bonchev–Trinajstić information content (AvgIpc) is 2.81. The zero-order valence-corrected chi connectivity index (χ0v) is 14.0. The summed E-state index contributed by atoms with van der Waals surface area (Å²) in [5, 5.41) is 1.16. The van der Waals surface area contributed by atoms with E-state index in [1.165, 1.54) is 6.33 Å². The van der Waals surface area contributed by atoms with Crippen LogP contribution in [0.15, 0.2) is 36.8 Å². The van der Waals surface area contributed by atoms with Gasteiger partial charge >= 0.3 is 0 Å². The highest BCUT2D eigenvalue weighted by atomic mass is 35.5. The Morgan fingerprint density at radius 1 is 1.04 bits per heavy atom. The molecular weight excluding hydrogens is 335 g/mol. The standard InChI is InChI=1S/C16H16Cl2N4O/c17-13-4-2-12(3-5-13)16(23)22-7-1-6-21(8-9-22)15-14(18)10-19-11-20-15/h2-5,10-11H,1,6-9H2. The lowest BCUT2D eigenvalue weighted by atomic mass is 10.2. The number of amides is 1. The normalized spacial score (nSPS) is 15.4. The number of hydrogen-bond acceptors (Lipinski definition) is 4. The molecule has 2 heterocycles. The molecule has 3 rings (SSSR count). The first kappa shape index (κ1) is 16.0. The van der Waals surface area contributed by atoms with Crippen LogP contribution < -0.4 is 4.90 Å². The minimum atomic E-state index is 0.0253. The van der Waals surface area contributed by atoms with Gasteiger partial charge in [0, 0.05) is 36.8 Å². The highest BCUT2D eigenvalue weighted by molar-refractivity contribution is 6.32. The van der Waals surface area contributed by atoms with Gasteiger partial charge in [-0.15, -0.1) is 0 Å². The first-order valence-electron chi connectivity index (χ1n) is 7.40. The molecule has 1 fully saturated rings. The van der Waals surface area contributed by atoms with Crippen LogP contribution in [0, 0.1) is 0 Å². The molecule has 0 saturated carbocycles. The number of benzene rings is 1. The molecule has 2 aromatic rings. The van der Waals surface area contributed by atoms with Gasteiger partial charge in [-0.1, -0.05) is 23.2 Å². The van der Waals surface area contributed by atoms with E-state index in [1.54, 1.807) is 30.5 Å². The van der Waals surface area contributed by atoms with Crippen molar-refractivity contribution in [2.24, 2.45) is 0 Å². The van der Waals surface area contributed by atoms with E-state index in [1.807, 2.05) is 4.90 Å². The maximum absolute atomic E-state index is 12.6. The Hall–Kier alpha value is -1.85. The van der Waals surface area contributed by atoms with Gasteiger partial charge < -0.3 is 9.80 Å². The van der Waals surface area contributed by atoms with Crippen LogP contribution in [0.5, 0.6) is 0 Å². The second-order valence-electron chi connectivity index (χ2n) is 5.33. The van der Waals surface area contributed by atoms with Crippen molar-refractivity contribution < 1.29 is 4.79 Å². The molecule has 23 heavy (non-hydrogen) atoms. The van der Waals surface area contributed by atoms with E-state index in [9.17, 15) is 4.79 Å². The highest BCUT2D eigenvalue weighted by Gasteiger charge is 2.22. The first-order valence-corrected chi connectivity index (χ1v) is 8.16. The monoisotopic (exact) mass is 350 g/mol. The Morgan fingerprint density at radius 3 is 2.57 bits per heavy atom. The molecule has 1 amide bonds. The van der Waals surface area contributed by atoms with Gasteiger partial charge in [-0.25, -0.2) is 9.97 Å². The fourth-order valence-corrected chi connectivity index (χ4v) is 3.00. The van der Waals surface area contributed by atoms with Crippen LogP contribution >= 0.6 is 23.2 Å². The van der Waals surface area contributed by atoms with Crippen LogP contribution in [-0.2, 0) is 0 Å². The third-order valence-corrected chi connectivity index (χ3v) is 4.34. The number of halogens is 2. The smallest absolute Gasteiger partial charge is 0.253 e. The number of hydrogen-bond donors (Lipinski definition) is 0. The van der Waals surface area contributed by atoms with Crippen LogP contribution in [0.1, 0.15) is 16.8 Å². The van der Waals surface area contributed by atoms with Gasteiger partial charge in [0.2, 0.25) is 0 Å². The molecule has 5 nitrogen and oxygen atoms in total. The van der Waals surface area contributed by atoms with E-state index in [4.69, 9.17) is 23.2 Å². The molecule has 0 atom stereocenters. The predicted octanol–water partition coefficient (Wildman–Crippen LogP) is 3.14. The largest absolute Gasteiger partial charge is 0.353 e. The minimum absolute atomic E-state index is 0.0253. The van der Waals surface area contributed by atoms with E-state index < -0.39 is 0 Å². The molecule has 1 aromatic heterocycles. The molecule has 0 bridgehead atoms. The minimum Gasteiger partial charge on any atom is -0.353 e. The summed E-state index contributed by atoms with van der Waals surface area (Å²) in [7, 11) is 0. The zero-order valence-electron chi connectivity index (χ0n) is 12.5. The molecule has 1 aromatic carbocycles. The molecular formula is C16H16Cl2N4O. The van der Waals surface area contributed by atoms with E-state index in [0.29, 0.717) is 35.2 Å². The van der Waals surface area contributed by atoms with E-state index >= 15 is 0 Å². The van der Waals surface area contributed by atoms with Crippen molar-refractivity contribution in [3.63, 3.8) is 0 Å². The number of carbonyl (C=O) groups excluding carboxylic acids is 1. The summed E-state index contributed by atoms with van der Waals surface area (Å²) >= 11 is 12.0. The third kappa shape index (κ3) is 3.74. The first-order chi connectivity index (χ1) is 11.1. The van der Waals surface area contributed by atoms with E-state index in [2.05, 4.69) is 14.9 Å². The van der Waals surface area contributed by atoms with Crippen LogP contribution in [0.25, 0.3) is 0 Å². The van der Waals surface area contributed by atoms with Crippen molar-refractivity contribution in [1.29, 1.82) is 0 Å². The number of anilines is 1. The molecule has 1 aliphatic rings. The van der Waals surface area contributed by atoms with Crippen molar-refractivity contribution in [1.82, 2.24) is 14.9 Å². The van der Waals surface area contributed by atoms with Gasteiger partial charge in [-0.05, 0) is 30.7 Å². The van der Waals surface area contributed by atoms with Gasteiger partial charge in [0.05, 0.1) is 6.20 Å². The molecule has 0 unspecified atom stereocenters. The quantitative estimate of drug-likeness (QED) is 0.834. The summed E-state index contributed by atoms with van der Waals surface area (Å²) in [5.41, 5.74) is 0.655. The lowest BCUT2D eigenvalue weighted by Crippen LogP contribution is -2.35. The number of rotatable bonds is 2. The summed E-state index contributed by atoms with van der Waals surface area (Å²) in [6.45, 7) is 2.83. The summed E-state index contributed by atoms with van der Waals surface area (Å²) in [6, 6.07) is 6.99. The molecule has 0 spiro atoms. The second-order valence-corrected chi connectivity index (χ2v) is 6.18. The summed E-state index contributed by atoms with van der Waals surface area (Å²) < 4.78 is 0. The fourth-order valence-electron chi connectivity index (χ4n) is 2.65. The maximum Gasteiger partial charge on any atom is 0.253 e. The van der Waals surface area contributed by atoms with Crippen LogP contribution in [-0.4, -0.2) is 47.0 Å². The van der Waals surface area contributed by atoms with Crippen molar-refractivity contribution >= 4 is 34.9 Å². The van der Waals surface area contributed by atoms with Crippen molar-refractivity contribution in [3.8, 4) is 0 Å². The van der Waals surface area contributed by atoms with E-state index in [0.717, 1.165) is 18.8 Å². The number of aromatic nitrogens is 2. The predicted molar refractivity (Wildman–Crippen MR) is 91.2 cm³/mol. The Balaban J connectivity index is 1.70. The van der Waals surface area contributed by atoms with E-state index in [-0.39, 0.29) is 5.91 Å². The van der Waals surface area contributed by atoms with Crippen LogP contribution in [0.2, 0.25) is 10.0 Å². The SMILES string of the molecule is O=C(c1ccc(Cl)cc1)N1CCCN(c2ncncc2Cl)CC1. The fraction of sp³-hybridized carbons (Fsp3) is 0.312. The van der Waals surface area contributed by atoms with Crippen LogP contribution in [0.3, 0.4) is 0 Å². The zero-order chi connectivity index (χ0) is 16.2. The van der Waals surface area contributed by atoms with Crippen molar-refractivity contribution in [2.75, 3.05) is 31.1 Å². The topological polar surface area (TPSA) is 49.3 Å². The number of carbonyl (C=O) groups is 1. The van der Waals surface area contributed by atoms with Gasteiger partial charge in [-0.3, -0.25) is 4.79 Å². The molecule has 1 saturated heterocycles. The second kappa shape index (κ2) is 7.15. The highest BCUT2D eigenvalue weighted by Crippen LogP contribution is 2.23. The lowest BCUT2D eigenvalue weighted by molar-refractivity contribution is 0.0767. The Morgan fingerprint density at radius 2 is 1.83 bits per heavy atom. The molecule has 1 aliphatic heterocycles. The Labute approximate surface area is 144 Å². The molecule has 0 radical (unpaired) electrons. The van der Waals surface area contributed by atoms with Crippen LogP contribution in [0.4, 0.5) is 5.82 Å². The van der Waals surface area contributed by atoms with Crippen molar-refractivity contribution in [3.05, 3.63) is 52.4 Å². The van der Waals surface area contributed by atoms with Gasteiger partial charge in [-0.2, -0.15) is 0 Å².